The summed E-state index contributed by atoms with van der Waals surface area (Å²) in [7, 11) is 0. The van der Waals surface area contributed by atoms with Gasteiger partial charge in [-0.15, -0.1) is 11.3 Å². The molecule has 1 rings (SSSR count). The molecular weight excluding hydrogens is 218 g/mol. The number of aryl methyl sites for hydroxylation is 1. The molecule has 0 bridgehead atoms. The summed E-state index contributed by atoms with van der Waals surface area (Å²) < 4.78 is 0. The van der Waals surface area contributed by atoms with Gasteiger partial charge in [-0.3, -0.25) is 4.90 Å². The molecule has 0 radical (unpaired) electrons. The van der Waals surface area contributed by atoms with E-state index in [-0.39, 0.29) is 0 Å². The van der Waals surface area contributed by atoms with Gasteiger partial charge in [-0.05, 0) is 27.3 Å². The van der Waals surface area contributed by atoms with Crippen LogP contribution in [0.5, 0.6) is 0 Å². The Morgan fingerprint density at radius 2 is 2.25 bits per heavy atom. The van der Waals surface area contributed by atoms with Crippen molar-refractivity contribution in [2.45, 2.75) is 40.3 Å². The highest BCUT2D eigenvalue weighted by molar-refractivity contribution is 7.09. The quantitative estimate of drug-likeness (QED) is 0.742. The Morgan fingerprint density at radius 3 is 2.75 bits per heavy atom. The number of nitrogens with one attached hydrogen (secondary N) is 1. The van der Waals surface area contributed by atoms with Crippen LogP contribution < -0.4 is 5.32 Å². The zero-order valence-electron chi connectivity index (χ0n) is 10.8. The minimum atomic E-state index is 0.633. The fourth-order valence-electron chi connectivity index (χ4n) is 1.68. The van der Waals surface area contributed by atoms with Gasteiger partial charge in [0.25, 0.3) is 0 Å². The Balaban J connectivity index is 2.16. The van der Waals surface area contributed by atoms with Gasteiger partial charge in [-0.2, -0.15) is 0 Å². The largest absolute Gasteiger partial charge is 0.309 e. The topological polar surface area (TPSA) is 28.2 Å². The van der Waals surface area contributed by atoms with E-state index in [0.717, 1.165) is 31.9 Å². The van der Waals surface area contributed by atoms with Gasteiger partial charge in [0.1, 0.15) is 5.01 Å². The number of likely N-dealkylation sites (N-methyl/N-ethyl adjacent to an activating group) is 1. The zero-order chi connectivity index (χ0) is 12.0. The molecule has 1 aromatic heterocycles. The van der Waals surface area contributed by atoms with Crippen LogP contribution in [0.15, 0.2) is 5.38 Å². The number of hydrogen-bond donors (Lipinski definition) is 1. The van der Waals surface area contributed by atoms with Gasteiger partial charge in [-0.25, -0.2) is 4.98 Å². The summed E-state index contributed by atoms with van der Waals surface area (Å²) in [4.78, 5) is 6.88. The lowest BCUT2D eigenvalue weighted by Crippen LogP contribution is -2.36. The summed E-state index contributed by atoms with van der Waals surface area (Å²) in [6.45, 7) is 12.9. The normalized spacial score (nSPS) is 11.6. The standard InChI is InChI=1S/C12H23N3S/c1-5-15(10(2)3)7-6-13-8-12-14-11(4)9-16-12/h9-10,13H,5-8H2,1-4H3. The number of rotatable bonds is 7. The van der Waals surface area contributed by atoms with Crippen LogP contribution in [0.3, 0.4) is 0 Å². The molecule has 0 aliphatic heterocycles. The maximum absolute atomic E-state index is 4.43. The molecule has 0 aromatic carbocycles. The summed E-state index contributed by atoms with van der Waals surface area (Å²) in [6.07, 6.45) is 0. The molecule has 1 heterocycles. The number of nitrogens with zero attached hydrogens (tertiary/aromatic N) is 2. The summed E-state index contributed by atoms with van der Waals surface area (Å²) in [5.41, 5.74) is 1.12. The summed E-state index contributed by atoms with van der Waals surface area (Å²) in [5.74, 6) is 0. The summed E-state index contributed by atoms with van der Waals surface area (Å²) in [6, 6.07) is 0.633. The average Bonchev–Trinajstić information content (AvgIpc) is 2.64. The van der Waals surface area contributed by atoms with Crippen LogP contribution in [0, 0.1) is 6.92 Å². The molecule has 0 unspecified atom stereocenters. The first kappa shape index (κ1) is 13.6. The highest BCUT2D eigenvalue weighted by atomic mass is 32.1. The van der Waals surface area contributed by atoms with E-state index in [1.54, 1.807) is 11.3 Å². The molecule has 0 saturated carbocycles. The third kappa shape index (κ3) is 4.60. The van der Waals surface area contributed by atoms with Crippen LogP contribution in [0.2, 0.25) is 0 Å². The van der Waals surface area contributed by atoms with E-state index in [9.17, 15) is 0 Å². The highest BCUT2D eigenvalue weighted by Gasteiger charge is 2.05. The van der Waals surface area contributed by atoms with Crippen LogP contribution in [-0.4, -0.2) is 35.6 Å². The van der Waals surface area contributed by atoms with Gasteiger partial charge in [0, 0.05) is 36.8 Å². The molecule has 0 aliphatic carbocycles. The second-order valence-corrected chi connectivity index (χ2v) is 5.22. The molecule has 0 saturated heterocycles. The van der Waals surface area contributed by atoms with E-state index in [1.807, 2.05) is 6.92 Å². The Bertz CT molecular complexity index is 296. The lowest BCUT2D eigenvalue weighted by atomic mass is 10.3. The second-order valence-electron chi connectivity index (χ2n) is 4.28. The molecule has 0 aliphatic rings. The molecule has 0 spiro atoms. The SMILES string of the molecule is CCN(CCNCc1nc(C)cs1)C(C)C. The lowest BCUT2D eigenvalue weighted by Gasteiger charge is -2.24. The predicted octanol–water partition coefficient (Wildman–Crippen LogP) is 2.27. The van der Waals surface area contributed by atoms with Crippen LogP contribution in [0.4, 0.5) is 0 Å². The second kappa shape index (κ2) is 6.99. The van der Waals surface area contributed by atoms with Crippen molar-refractivity contribution in [2.75, 3.05) is 19.6 Å². The van der Waals surface area contributed by atoms with Crippen molar-refractivity contribution in [3.8, 4) is 0 Å². The van der Waals surface area contributed by atoms with E-state index < -0.39 is 0 Å². The van der Waals surface area contributed by atoms with E-state index in [4.69, 9.17) is 0 Å². The Hall–Kier alpha value is -0.450. The number of hydrogen-bond acceptors (Lipinski definition) is 4. The number of aromatic nitrogens is 1. The van der Waals surface area contributed by atoms with E-state index in [1.165, 1.54) is 5.01 Å². The first-order valence-electron chi connectivity index (χ1n) is 5.99. The molecule has 3 nitrogen and oxygen atoms in total. The predicted molar refractivity (Wildman–Crippen MR) is 70.9 cm³/mol. The van der Waals surface area contributed by atoms with Gasteiger partial charge in [0.05, 0.1) is 0 Å². The molecule has 0 atom stereocenters. The Kier molecular flexibility index (Phi) is 5.95. The maximum Gasteiger partial charge on any atom is 0.107 e. The smallest absolute Gasteiger partial charge is 0.107 e. The monoisotopic (exact) mass is 241 g/mol. The van der Waals surface area contributed by atoms with Gasteiger partial charge in [0.2, 0.25) is 0 Å². The molecule has 1 aromatic rings. The molecular formula is C12H23N3S. The van der Waals surface area contributed by atoms with Crippen molar-refractivity contribution in [3.05, 3.63) is 16.1 Å². The van der Waals surface area contributed by atoms with Crippen LogP contribution >= 0.6 is 11.3 Å². The van der Waals surface area contributed by atoms with Crippen molar-refractivity contribution in [2.24, 2.45) is 0 Å². The maximum atomic E-state index is 4.43. The molecule has 4 heteroatoms. The van der Waals surface area contributed by atoms with E-state index >= 15 is 0 Å². The summed E-state index contributed by atoms with van der Waals surface area (Å²) in [5, 5.41) is 6.73. The van der Waals surface area contributed by atoms with Crippen molar-refractivity contribution in [1.82, 2.24) is 15.2 Å². The summed E-state index contributed by atoms with van der Waals surface area (Å²) >= 11 is 1.73. The fourth-order valence-corrected chi connectivity index (χ4v) is 2.42. The Labute approximate surface area is 103 Å². The first-order valence-corrected chi connectivity index (χ1v) is 6.87. The Morgan fingerprint density at radius 1 is 1.50 bits per heavy atom. The highest BCUT2D eigenvalue weighted by Crippen LogP contribution is 2.07. The first-order chi connectivity index (χ1) is 7.63. The van der Waals surface area contributed by atoms with Gasteiger partial charge < -0.3 is 5.32 Å². The van der Waals surface area contributed by atoms with Gasteiger partial charge >= 0.3 is 0 Å². The lowest BCUT2D eigenvalue weighted by molar-refractivity contribution is 0.233. The van der Waals surface area contributed by atoms with Crippen molar-refractivity contribution in [3.63, 3.8) is 0 Å². The molecule has 0 amide bonds. The van der Waals surface area contributed by atoms with Crippen LogP contribution in [0.25, 0.3) is 0 Å². The molecule has 92 valence electrons. The van der Waals surface area contributed by atoms with Gasteiger partial charge in [-0.1, -0.05) is 6.92 Å². The third-order valence-electron chi connectivity index (χ3n) is 2.66. The fraction of sp³-hybridized carbons (Fsp3) is 0.750. The van der Waals surface area contributed by atoms with Crippen molar-refractivity contribution in [1.29, 1.82) is 0 Å². The van der Waals surface area contributed by atoms with E-state index in [0.29, 0.717) is 6.04 Å². The molecule has 0 fully saturated rings. The average molecular weight is 241 g/mol. The molecule has 1 N–H and O–H groups in total. The molecule has 16 heavy (non-hydrogen) atoms. The van der Waals surface area contributed by atoms with Crippen LogP contribution in [0.1, 0.15) is 31.5 Å². The number of thiazole rings is 1. The zero-order valence-corrected chi connectivity index (χ0v) is 11.6. The minimum Gasteiger partial charge on any atom is -0.309 e. The van der Waals surface area contributed by atoms with Crippen molar-refractivity contribution < 1.29 is 0 Å². The van der Waals surface area contributed by atoms with E-state index in [2.05, 4.69) is 41.4 Å². The minimum absolute atomic E-state index is 0.633. The van der Waals surface area contributed by atoms with Crippen LogP contribution in [-0.2, 0) is 6.54 Å². The van der Waals surface area contributed by atoms with Gasteiger partial charge in [0.15, 0.2) is 0 Å². The third-order valence-corrected chi connectivity index (χ3v) is 3.62. The van der Waals surface area contributed by atoms with Crippen molar-refractivity contribution >= 4 is 11.3 Å².